The fraction of sp³-hybridized carbons (Fsp3) is 0.500. The SMILES string of the molecule is CC(C)(C)OC(=O)N(C(=O)OC(C)(C)C)c1c(Cl)cc([N+](=O)[O-])cc1Cl. The topological polar surface area (TPSA) is 99.0 Å². The highest BCUT2D eigenvalue weighted by molar-refractivity contribution is 6.41. The van der Waals surface area contributed by atoms with E-state index in [2.05, 4.69) is 0 Å². The van der Waals surface area contributed by atoms with Gasteiger partial charge >= 0.3 is 12.2 Å². The van der Waals surface area contributed by atoms with E-state index in [9.17, 15) is 19.7 Å². The van der Waals surface area contributed by atoms with E-state index in [1.54, 1.807) is 41.5 Å². The molecule has 8 nitrogen and oxygen atoms in total. The highest BCUT2D eigenvalue weighted by atomic mass is 35.5. The molecule has 1 aromatic rings. The van der Waals surface area contributed by atoms with Gasteiger partial charge in [0.05, 0.1) is 20.7 Å². The number of hydrogen-bond acceptors (Lipinski definition) is 6. The van der Waals surface area contributed by atoms with Crippen molar-refractivity contribution in [3.05, 3.63) is 32.3 Å². The fourth-order valence-corrected chi connectivity index (χ4v) is 2.39. The van der Waals surface area contributed by atoms with E-state index in [4.69, 9.17) is 32.7 Å². The second kappa shape index (κ2) is 7.67. The fourth-order valence-electron chi connectivity index (χ4n) is 1.74. The predicted molar refractivity (Wildman–Crippen MR) is 98.1 cm³/mol. The Bertz CT molecular complexity index is 686. The summed E-state index contributed by atoms with van der Waals surface area (Å²) in [4.78, 5) is 35.9. The van der Waals surface area contributed by atoms with Crippen molar-refractivity contribution >= 4 is 46.8 Å². The van der Waals surface area contributed by atoms with E-state index in [1.807, 2.05) is 0 Å². The van der Waals surface area contributed by atoms with Gasteiger partial charge in [-0.1, -0.05) is 23.2 Å². The number of ether oxygens (including phenoxy) is 2. The van der Waals surface area contributed by atoms with Gasteiger partial charge in [0.1, 0.15) is 11.2 Å². The van der Waals surface area contributed by atoms with Crippen LogP contribution in [0.15, 0.2) is 12.1 Å². The van der Waals surface area contributed by atoms with Crippen LogP contribution in [0.2, 0.25) is 10.0 Å². The molecule has 0 spiro atoms. The molecular weight excluding hydrogens is 387 g/mol. The molecule has 1 rings (SSSR count). The maximum absolute atomic E-state index is 12.6. The Labute approximate surface area is 161 Å². The quantitative estimate of drug-likeness (QED) is 0.469. The lowest BCUT2D eigenvalue weighted by Gasteiger charge is -2.29. The van der Waals surface area contributed by atoms with Crippen molar-refractivity contribution in [2.24, 2.45) is 0 Å². The Kier molecular flexibility index (Phi) is 6.49. The highest BCUT2D eigenvalue weighted by Gasteiger charge is 2.36. The summed E-state index contributed by atoms with van der Waals surface area (Å²) >= 11 is 12.1. The molecule has 2 amide bonds. The highest BCUT2D eigenvalue weighted by Crippen LogP contribution is 2.38. The predicted octanol–water partition coefficient (Wildman–Crippen LogP) is 5.58. The minimum atomic E-state index is -1.08. The Hall–Kier alpha value is -2.06. The van der Waals surface area contributed by atoms with Crippen LogP contribution >= 0.6 is 23.2 Å². The summed E-state index contributed by atoms with van der Waals surface area (Å²) in [7, 11) is 0. The van der Waals surface area contributed by atoms with Crippen molar-refractivity contribution in [1.82, 2.24) is 0 Å². The third-order valence-corrected chi connectivity index (χ3v) is 3.16. The van der Waals surface area contributed by atoms with Crippen LogP contribution in [0.1, 0.15) is 41.5 Å². The zero-order chi connectivity index (χ0) is 20.4. The second-order valence-corrected chi connectivity index (χ2v) is 8.13. The van der Waals surface area contributed by atoms with Crippen molar-refractivity contribution in [2.75, 3.05) is 4.90 Å². The molecule has 0 unspecified atom stereocenters. The zero-order valence-electron chi connectivity index (χ0n) is 15.3. The minimum absolute atomic E-state index is 0.262. The number of nitro benzene ring substituents is 1. The molecule has 0 N–H and O–H groups in total. The van der Waals surface area contributed by atoms with Crippen LogP contribution in [0, 0.1) is 10.1 Å². The van der Waals surface area contributed by atoms with E-state index >= 15 is 0 Å². The first-order chi connectivity index (χ1) is 11.6. The van der Waals surface area contributed by atoms with Gasteiger partial charge in [0.25, 0.3) is 5.69 Å². The first-order valence-corrected chi connectivity index (χ1v) is 8.27. The molecule has 0 fully saturated rings. The van der Waals surface area contributed by atoms with Crippen LogP contribution in [-0.4, -0.2) is 28.3 Å². The standard InChI is InChI=1S/C16H20Cl2N2O6/c1-15(2,3)25-13(21)19(14(22)26-16(4,5)6)12-10(17)7-9(20(23)24)8-11(12)18/h7-8H,1-6H3. The van der Waals surface area contributed by atoms with Gasteiger partial charge in [-0.15, -0.1) is 0 Å². The molecule has 0 aliphatic rings. The van der Waals surface area contributed by atoms with Gasteiger partial charge in [-0.25, -0.2) is 9.59 Å². The van der Waals surface area contributed by atoms with Gasteiger partial charge in [-0.3, -0.25) is 10.1 Å². The second-order valence-electron chi connectivity index (χ2n) is 7.31. The van der Waals surface area contributed by atoms with E-state index in [1.165, 1.54) is 0 Å². The van der Waals surface area contributed by atoms with Crippen molar-refractivity contribution < 1.29 is 24.0 Å². The third-order valence-electron chi connectivity index (χ3n) is 2.59. The zero-order valence-corrected chi connectivity index (χ0v) is 16.8. The van der Waals surface area contributed by atoms with Gasteiger partial charge in [0.15, 0.2) is 0 Å². The number of rotatable bonds is 2. The van der Waals surface area contributed by atoms with Gasteiger partial charge in [-0.05, 0) is 41.5 Å². The van der Waals surface area contributed by atoms with Crippen molar-refractivity contribution in [3.63, 3.8) is 0 Å². The number of carbonyl (C=O) groups excluding carboxylic acids is 2. The molecule has 0 atom stereocenters. The Morgan fingerprint density at radius 3 is 1.58 bits per heavy atom. The largest absolute Gasteiger partial charge is 0.443 e. The van der Waals surface area contributed by atoms with Crippen molar-refractivity contribution in [3.8, 4) is 0 Å². The number of halogens is 2. The van der Waals surface area contributed by atoms with E-state index < -0.39 is 34.0 Å². The Morgan fingerprint density at radius 1 is 0.962 bits per heavy atom. The number of nitro groups is 1. The molecule has 0 saturated carbocycles. The normalized spacial score (nSPS) is 11.7. The summed E-state index contributed by atoms with van der Waals surface area (Å²) in [5.74, 6) is 0. The van der Waals surface area contributed by atoms with Crippen LogP contribution in [0.5, 0.6) is 0 Å². The molecule has 0 heterocycles. The van der Waals surface area contributed by atoms with Gasteiger partial charge in [0.2, 0.25) is 0 Å². The van der Waals surface area contributed by atoms with E-state index in [0.29, 0.717) is 4.90 Å². The lowest BCUT2D eigenvalue weighted by atomic mass is 10.2. The van der Waals surface area contributed by atoms with Crippen molar-refractivity contribution in [1.29, 1.82) is 0 Å². The molecule has 0 aromatic heterocycles. The number of anilines is 1. The molecule has 26 heavy (non-hydrogen) atoms. The van der Waals surface area contributed by atoms with Crippen molar-refractivity contribution in [2.45, 2.75) is 52.7 Å². The maximum Gasteiger partial charge on any atom is 0.424 e. The maximum atomic E-state index is 12.6. The molecule has 0 saturated heterocycles. The molecule has 1 aromatic carbocycles. The Morgan fingerprint density at radius 2 is 1.31 bits per heavy atom. The molecular formula is C16H20Cl2N2O6. The molecule has 144 valence electrons. The summed E-state index contributed by atoms with van der Waals surface area (Å²) < 4.78 is 10.4. The number of nitrogens with zero attached hydrogens (tertiary/aromatic N) is 2. The van der Waals surface area contributed by atoms with Crippen LogP contribution in [0.25, 0.3) is 0 Å². The number of hydrogen-bond donors (Lipinski definition) is 0. The smallest absolute Gasteiger partial charge is 0.424 e. The Balaban J connectivity index is 3.48. The minimum Gasteiger partial charge on any atom is -0.443 e. The molecule has 0 radical (unpaired) electrons. The van der Waals surface area contributed by atoms with Crippen LogP contribution < -0.4 is 4.90 Å². The third kappa shape index (κ3) is 6.03. The van der Waals surface area contributed by atoms with Gasteiger partial charge in [-0.2, -0.15) is 4.90 Å². The molecule has 0 aliphatic carbocycles. The van der Waals surface area contributed by atoms with Gasteiger partial charge in [0, 0.05) is 12.1 Å². The van der Waals surface area contributed by atoms with E-state index in [0.717, 1.165) is 12.1 Å². The average molecular weight is 407 g/mol. The summed E-state index contributed by atoms with van der Waals surface area (Å²) in [5, 5.41) is 10.4. The first-order valence-electron chi connectivity index (χ1n) is 7.52. The summed E-state index contributed by atoms with van der Waals surface area (Å²) in [6.45, 7) is 9.65. The monoisotopic (exact) mass is 406 g/mol. The lowest BCUT2D eigenvalue weighted by Crippen LogP contribution is -2.44. The average Bonchev–Trinajstić information content (AvgIpc) is 2.37. The van der Waals surface area contributed by atoms with Crippen LogP contribution in [0.4, 0.5) is 21.0 Å². The number of imide groups is 1. The number of non-ortho nitro benzene ring substituents is 1. The molecule has 0 bridgehead atoms. The number of benzene rings is 1. The summed E-state index contributed by atoms with van der Waals surface area (Å²) in [6.07, 6.45) is -2.16. The number of carbonyl (C=O) groups is 2. The first kappa shape index (κ1) is 22.0. The van der Waals surface area contributed by atoms with Gasteiger partial charge < -0.3 is 9.47 Å². The number of amides is 2. The lowest BCUT2D eigenvalue weighted by molar-refractivity contribution is -0.384. The summed E-state index contributed by atoms with van der Waals surface area (Å²) in [5.41, 5.74) is -2.49. The molecule has 0 aliphatic heterocycles. The van der Waals surface area contributed by atoms with Crippen LogP contribution in [-0.2, 0) is 9.47 Å². The molecule has 10 heteroatoms. The van der Waals surface area contributed by atoms with Crippen LogP contribution in [0.3, 0.4) is 0 Å². The van der Waals surface area contributed by atoms with E-state index in [-0.39, 0.29) is 15.7 Å². The summed E-state index contributed by atoms with van der Waals surface area (Å²) in [6, 6.07) is 1.95.